The average molecular weight is 356 g/mol. The number of hydrogen-bond acceptors (Lipinski definition) is 5. The smallest absolute Gasteiger partial charge is 0.262 e. The molecule has 0 unspecified atom stereocenters. The first-order valence-electron chi connectivity index (χ1n) is 8.26. The molecule has 2 amide bonds. The lowest BCUT2D eigenvalue weighted by atomic mass is 10.1. The summed E-state index contributed by atoms with van der Waals surface area (Å²) in [6.07, 6.45) is -0.0520. The molecule has 2 aromatic rings. The minimum atomic E-state index is -0.301. The van der Waals surface area contributed by atoms with E-state index in [0.717, 1.165) is 5.56 Å². The van der Waals surface area contributed by atoms with Crippen molar-refractivity contribution in [2.45, 2.75) is 33.2 Å². The highest BCUT2D eigenvalue weighted by Gasteiger charge is 2.19. The molecule has 1 aliphatic heterocycles. The number of anilines is 1. The van der Waals surface area contributed by atoms with Crippen LogP contribution in [0.1, 0.15) is 35.6 Å². The third kappa shape index (κ3) is 3.74. The van der Waals surface area contributed by atoms with Gasteiger partial charge >= 0.3 is 0 Å². The van der Waals surface area contributed by atoms with Gasteiger partial charge in [-0.1, -0.05) is 6.07 Å². The molecule has 1 aromatic heterocycles. The van der Waals surface area contributed by atoms with Crippen molar-refractivity contribution in [1.29, 1.82) is 0 Å². The number of fused-ring (bicyclic) bond motifs is 1. The highest BCUT2D eigenvalue weighted by molar-refractivity contribution is 5.95. The Hall–Kier alpha value is -3.16. The minimum Gasteiger partial charge on any atom is -0.482 e. The summed E-state index contributed by atoms with van der Waals surface area (Å²) >= 11 is 0. The standard InChI is InChI=1S/C18H20N4O4/c1-9(12-4-5-15-14(6-12)22-17(24)8-26-15)20-16(23)7-13-10(2)19-11(3)21-18(13)25/h4-6,9H,7-8H2,1-3H3,(H,20,23)(H,22,24)(H,19,21,25)/t9-/m0/s1. The number of rotatable bonds is 4. The van der Waals surface area contributed by atoms with Crippen molar-refractivity contribution in [3.63, 3.8) is 0 Å². The van der Waals surface area contributed by atoms with E-state index in [4.69, 9.17) is 4.74 Å². The van der Waals surface area contributed by atoms with E-state index >= 15 is 0 Å². The number of carbonyl (C=O) groups is 2. The van der Waals surface area contributed by atoms with Crippen molar-refractivity contribution in [2.75, 3.05) is 11.9 Å². The number of carbonyl (C=O) groups excluding carboxylic acids is 2. The Morgan fingerprint density at radius 1 is 1.35 bits per heavy atom. The molecule has 26 heavy (non-hydrogen) atoms. The zero-order valence-electron chi connectivity index (χ0n) is 14.8. The molecule has 0 bridgehead atoms. The number of nitrogens with one attached hydrogen (secondary N) is 3. The van der Waals surface area contributed by atoms with Gasteiger partial charge in [0.15, 0.2) is 6.61 Å². The van der Waals surface area contributed by atoms with Crippen molar-refractivity contribution in [3.05, 3.63) is 51.2 Å². The molecular weight excluding hydrogens is 336 g/mol. The number of ether oxygens (including phenoxy) is 1. The second-order valence-corrected chi connectivity index (χ2v) is 6.27. The second kappa shape index (κ2) is 6.99. The summed E-state index contributed by atoms with van der Waals surface area (Å²) in [6, 6.07) is 5.05. The van der Waals surface area contributed by atoms with Gasteiger partial charge in [-0.2, -0.15) is 0 Å². The van der Waals surface area contributed by atoms with Crippen LogP contribution in [0.25, 0.3) is 0 Å². The zero-order valence-corrected chi connectivity index (χ0v) is 14.8. The fourth-order valence-corrected chi connectivity index (χ4v) is 2.87. The Labute approximate surface area is 150 Å². The molecule has 1 atom stereocenters. The molecule has 3 N–H and O–H groups in total. The normalized spacial score (nSPS) is 14.0. The number of aromatic nitrogens is 2. The average Bonchev–Trinajstić information content (AvgIpc) is 2.57. The molecule has 0 spiro atoms. The first kappa shape index (κ1) is 17.7. The highest BCUT2D eigenvalue weighted by atomic mass is 16.5. The van der Waals surface area contributed by atoms with Gasteiger partial charge in [-0.3, -0.25) is 14.4 Å². The van der Waals surface area contributed by atoms with E-state index in [9.17, 15) is 14.4 Å². The molecule has 136 valence electrons. The van der Waals surface area contributed by atoms with Crippen LogP contribution < -0.4 is 20.9 Å². The van der Waals surface area contributed by atoms with E-state index < -0.39 is 0 Å². The summed E-state index contributed by atoms with van der Waals surface area (Å²) < 4.78 is 5.32. The van der Waals surface area contributed by atoms with Gasteiger partial charge in [-0.15, -0.1) is 0 Å². The summed E-state index contributed by atoms with van der Waals surface area (Å²) in [6.45, 7) is 5.23. The van der Waals surface area contributed by atoms with E-state index in [1.165, 1.54) is 0 Å². The van der Waals surface area contributed by atoms with Crippen LogP contribution in [0.2, 0.25) is 0 Å². The maximum absolute atomic E-state index is 12.3. The van der Waals surface area contributed by atoms with Crippen LogP contribution in [0.5, 0.6) is 5.75 Å². The third-order valence-corrected chi connectivity index (χ3v) is 4.19. The number of H-pyrrole nitrogens is 1. The Balaban J connectivity index is 1.71. The molecule has 1 aliphatic rings. The summed E-state index contributed by atoms with van der Waals surface area (Å²) in [4.78, 5) is 42.6. The fraction of sp³-hybridized carbons (Fsp3) is 0.333. The van der Waals surface area contributed by atoms with Crippen LogP contribution in [-0.2, 0) is 16.0 Å². The second-order valence-electron chi connectivity index (χ2n) is 6.27. The van der Waals surface area contributed by atoms with E-state index in [1.807, 2.05) is 13.0 Å². The molecule has 0 radical (unpaired) electrons. The van der Waals surface area contributed by atoms with Crippen LogP contribution in [-0.4, -0.2) is 28.4 Å². The summed E-state index contributed by atoms with van der Waals surface area (Å²) in [5, 5.41) is 5.60. The van der Waals surface area contributed by atoms with Gasteiger partial charge in [0.25, 0.3) is 11.5 Å². The predicted octanol–water partition coefficient (Wildman–Crippen LogP) is 1.14. The summed E-state index contributed by atoms with van der Waals surface area (Å²) in [7, 11) is 0. The molecular formula is C18H20N4O4. The van der Waals surface area contributed by atoms with E-state index in [0.29, 0.717) is 28.5 Å². The fourth-order valence-electron chi connectivity index (χ4n) is 2.87. The number of aromatic amines is 1. The van der Waals surface area contributed by atoms with Crippen LogP contribution in [0, 0.1) is 13.8 Å². The SMILES string of the molecule is Cc1nc(C)c(CC(=O)N[C@@H](C)c2ccc3c(c2)NC(=O)CO3)c(=O)[nH]1. The predicted molar refractivity (Wildman–Crippen MR) is 95.2 cm³/mol. The van der Waals surface area contributed by atoms with E-state index in [2.05, 4.69) is 20.6 Å². The number of aryl methyl sites for hydroxylation is 2. The minimum absolute atomic E-state index is 0.00286. The van der Waals surface area contributed by atoms with Gasteiger partial charge in [0.05, 0.1) is 18.2 Å². The molecule has 8 nitrogen and oxygen atoms in total. The maximum atomic E-state index is 12.3. The number of amides is 2. The van der Waals surface area contributed by atoms with Crippen LogP contribution in [0.4, 0.5) is 5.69 Å². The molecule has 3 rings (SSSR count). The molecule has 2 heterocycles. The lowest BCUT2D eigenvalue weighted by Gasteiger charge is -2.21. The Kier molecular flexibility index (Phi) is 4.75. The Morgan fingerprint density at radius 3 is 2.85 bits per heavy atom. The first-order chi connectivity index (χ1) is 12.3. The van der Waals surface area contributed by atoms with Crippen LogP contribution in [0.3, 0.4) is 0 Å². The molecule has 0 saturated heterocycles. The monoisotopic (exact) mass is 356 g/mol. The van der Waals surface area contributed by atoms with Crippen molar-refractivity contribution < 1.29 is 14.3 Å². The van der Waals surface area contributed by atoms with Crippen molar-refractivity contribution in [3.8, 4) is 5.75 Å². The number of benzene rings is 1. The van der Waals surface area contributed by atoms with Crippen molar-refractivity contribution >= 4 is 17.5 Å². The Bertz CT molecular complexity index is 935. The number of hydrogen-bond donors (Lipinski definition) is 3. The van der Waals surface area contributed by atoms with Gasteiger partial charge in [0.1, 0.15) is 11.6 Å². The summed E-state index contributed by atoms with van der Waals surface area (Å²) in [5.41, 5.74) is 1.99. The summed E-state index contributed by atoms with van der Waals surface area (Å²) in [5.74, 6) is 0.616. The molecule has 8 heteroatoms. The van der Waals surface area contributed by atoms with Crippen LogP contribution in [0.15, 0.2) is 23.0 Å². The largest absolute Gasteiger partial charge is 0.482 e. The lowest BCUT2D eigenvalue weighted by Crippen LogP contribution is -2.31. The third-order valence-electron chi connectivity index (χ3n) is 4.19. The molecule has 1 aromatic carbocycles. The van der Waals surface area contributed by atoms with Gasteiger partial charge in [-0.05, 0) is 38.5 Å². The molecule has 0 aliphatic carbocycles. The van der Waals surface area contributed by atoms with Gasteiger partial charge in [0.2, 0.25) is 5.91 Å². The quantitative estimate of drug-likeness (QED) is 0.760. The van der Waals surface area contributed by atoms with E-state index in [-0.39, 0.29) is 36.4 Å². The van der Waals surface area contributed by atoms with Gasteiger partial charge in [-0.25, -0.2) is 4.98 Å². The van der Waals surface area contributed by atoms with Crippen LogP contribution >= 0.6 is 0 Å². The van der Waals surface area contributed by atoms with Crippen molar-refractivity contribution in [1.82, 2.24) is 15.3 Å². The highest BCUT2D eigenvalue weighted by Crippen LogP contribution is 2.30. The number of nitrogens with zero attached hydrogens (tertiary/aromatic N) is 1. The van der Waals surface area contributed by atoms with Gasteiger partial charge in [0, 0.05) is 11.3 Å². The lowest BCUT2D eigenvalue weighted by molar-refractivity contribution is -0.121. The Morgan fingerprint density at radius 2 is 2.12 bits per heavy atom. The first-order valence-corrected chi connectivity index (χ1v) is 8.26. The van der Waals surface area contributed by atoms with Crippen molar-refractivity contribution in [2.24, 2.45) is 0 Å². The maximum Gasteiger partial charge on any atom is 0.262 e. The van der Waals surface area contributed by atoms with Gasteiger partial charge < -0.3 is 20.4 Å². The molecule has 0 fully saturated rings. The molecule has 0 saturated carbocycles. The zero-order chi connectivity index (χ0) is 18.8. The van der Waals surface area contributed by atoms with E-state index in [1.54, 1.807) is 26.0 Å². The topological polar surface area (TPSA) is 113 Å².